The van der Waals surface area contributed by atoms with Crippen molar-refractivity contribution in [3.05, 3.63) is 35.9 Å². The molecule has 0 aliphatic carbocycles. The van der Waals surface area contributed by atoms with Gasteiger partial charge in [0.05, 0.1) is 0 Å². The number of carboxylic acid groups (broad SMARTS) is 1. The summed E-state index contributed by atoms with van der Waals surface area (Å²) in [5, 5.41) is 8.68. The highest BCUT2D eigenvalue weighted by molar-refractivity contribution is 5.73. The molecule has 0 bridgehead atoms. The first-order valence-corrected chi connectivity index (χ1v) is 6.78. The molecule has 110 valence electrons. The van der Waals surface area contributed by atoms with Crippen LogP contribution in [-0.4, -0.2) is 34.5 Å². The van der Waals surface area contributed by atoms with E-state index in [1.165, 1.54) is 0 Å². The predicted molar refractivity (Wildman–Crippen MR) is 77.0 cm³/mol. The standard InChI is InChI=1S/C15H22N2O3/c1-12(18)17(11-13-7-3-2-4-8-13)10-6-5-9-14(16)15(19)20/h2-4,7-8,14H,5-6,9-11,16H2,1H3,(H,19,20)/t14-/m0/s1. The molecule has 0 radical (unpaired) electrons. The van der Waals surface area contributed by atoms with Gasteiger partial charge < -0.3 is 15.7 Å². The Labute approximate surface area is 119 Å². The normalized spacial score (nSPS) is 11.9. The second-order valence-electron chi connectivity index (χ2n) is 4.87. The third kappa shape index (κ3) is 5.84. The van der Waals surface area contributed by atoms with Crippen LogP contribution in [0.4, 0.5) is 0 Å². The molecule has 0 aliphatic heterocycles. The first kappa shape index (κ1) is 16.2. The largest absolute Gasteiger partial charge is 0.480 e. The average Bonchev–Trinajstić information content (AvgIpc) is 2.42. The Bertz CT molecular complexity index is 434. The molecule has 0 spiro atoms. The minimum atomic E-state index is -0.974. The van der Waals surface area contributed by atoms with E-state index in [9.17, 15) is 9.59 Å². The van der Waals surface area contributed by atoms with Gasteiger partial charge in [-0.2, -0.15) is 0 Å². The van der Waals surface area contributed by atoms with Crippen molar-refractivity contribution in [3.63, 3.8) is 0 Å². The van der Waals surface area contributed by atoms with Gasteiger partial charge in [-0.1, -0.05) is 30.3 Å². The fraction of sp³-hybridized carbons (Fsp3) is 0.467. The van der Waals surface area contributed by atoms with E-state index < -0.39 is 12.0 Å². The van der Waals surface area contributed by atoms with Crippen LogP contribution >= 0.6 is 0 Å². The molecule has 1 aromatic rings. The molecule has 1 rings (SSSR count). The highest BCUT2D eigenvalue weighted by Crippen LogP contribution is 2.07. The van der Waals surface area contributed by atoms with Crippen molar-refractivity contribution in [3.8, 4) is 0 Å². The van der Waals surface area contributed by atoms with Crippen molar-refractivity contribution >= 4 is 11.9 Å². The molecule has 1 amide bonds. The van der Waals surface area contributed by atoms with E-state index in [-0.39, 0.29) is 5.91 Å². The zero-order valence-corrected chi connectivity index (χ0v) is 11.8. The van der Waals surface area contributed by atoms with Crippen LogP contribution < -0.4 is 5.73 Å². The highest BCUT2D eigenvalue weighted by Gasteiger charge is 2.12. The number of nitrogens with zero attached hydrogens (tertiary/aromatic N) is 1. The summed E-state index contributed by atoms with van der Waals surface area (Å²) < 4.78 is 0. The maximum atomic E-state index is 11.6. The number of unbranched alkanes of at least 4 members (excludes halogenated alkanes) is 1. The summed E-state index contributed by atoms with van der Waals surface area (Å²) in [6, 6.07) is 8.98. The lowest BCUT2D eigenvalue weighted by atomic mass is 10.1. The molecule has 20 heavy (non-hydrogen) atoms. The van der Waals surface area contributed by atoms with E-state index in [1.54, 1.807) is 11.8 Å². The van der Waals surface area contributed by atoms with Gasteiger partial charge >= 0.3 is 5.97 Å². The number of rotatable bonds is 8. The van der Waals surface area contributed by atoms with Gasteiger partial charge in [0, 0.05) is 20.0 Å². The molecule has 5 nitrogen and oxygen atoms in total. The van der Waals surface area contributed by atoms with Crippen molar-refractivity contribution in [2.75, 3.05) is 6.54 Å². The number of hydrogen-bond acceptors (Lipinski definition) is 3. The van der Waals surface area contributed by atoms with E-state index in [0.717, 1.165) is 12.0 Å². The van der Waals surface area contributed by atoms with Crippen LogP contribution in [0.3, 0.4) is 0 Å². The fourth-order valence-electron chi connectivity index (χ4n) is 1.94. The first-order valence-electron chi connectivity index (χ1n) is 6.78. The molecule has 0 fully saturated rings. The van der Waals surface area contributed by atoms with Gasteiger partial charge in [-0.15, -0.1) is 0 Å². The van der Waals surface area contributed by atoms with E-state index in [4.69, 9.17) is 10.8 Å². The molecular formula is C15H22N2O3. The highest BCUT2D eigenvalue weighted by atomic mass is 16.4. The second-order valence-corrected chi connectivity index (χ2v) is 4.87. The van der Waals surface area contributed by atoms with Gasteiger partial charge in [-0.05, 0) is 24.8 Å². The number of carbonyl (C=O) groups excluding carboxylic acids is 1. The van der Waals surface area contributed by atoms with Crippen LogP contribution in [0.2, 0.25) is 0 Å². The van der Waals surface area contributed by atoms with Crippen LogP contribution in [0.15, 0.2) is 30.3 Å². The van der Waals surface area contributed by atoms with Crippen LogP contribution in [0.5, 0.6) is 0 Å². The van der Waals surface area contributed by atoms with Crippen LogP contribution in [0, 0.1) is 0 Å². The first-order chi connectivity index (χ1) is 9.50. The zero-order chi connectivity index (χ0) is 15.0. The molecule has 0 aromatic heterocycles. The number of carbonyl (C=O) groups is 2. The lowest BCUT2D eigenvalue weighted by Gasteiger charge is -2.21. The molecule has 1 aromatic carbocycles. The number of nitrogens with two attached hydrogens (primary N) is 1. The van der Waals surface area contributed by atoms with Gasteiger partial charge in [0.1, 0.15) is 6.04 Å². The van der Waals surface area contributed by atoms with Gasteiger partial charge in [0.15, 0.2) is 0 Å². The molecule has 0 saturated carbocycles. The third-order valence-electron chi connectivity index (χ3n) is 3.17. The van der Waals surface area contributed by atoms with E-state index >= 15 is 0 Å². The van der Waals surface area contributed by atoms with E-state index in [1.807, 2.05) is 30.3 Å². The van der Waals surface area contributed by atoms with Crippen molar-refractivity contribution in [2.24, 2.45) is 5.73 Å². The number of amides is 1. The molecule has 0 aliphatic rings. The van der Waals surface area contributed by atoms with Crippen LogP contribution in [0.1, 0.15) is 31.7 Å². The van der Waals surface area contributed by atoms with Crippen molar-refractivity contribution in [1.82, 2.24) is 4.90 Å². The Hall–Kier alpha value is -1.88. The molecule has 0 unspecified atom stereocenters. The summed E-state index contributed by atoms with van der Waals surface area (Å²) in [4.78, 5) is 23.9. The molecule has 1 atom stereocenters. The third-order valence-corrected chi connectivity index (χ3v) is 3.17. The van der Waals surface area contributed by atoms with Gasteiger partial charge in [0.25, 0.3) is 0 Å². The Morgan fingerprint density at radius 3 is 2.45 bits per heavy atom. The fourth-order valence-corrected chi connectivity index (χ4v) is 1.94. The monoisotopic (exact) mass is 278 g/mol. The maximum Gasteiger partial charge on any atom is 0.320 e. The molecule has 3 N–H and O–H groups in total. The molecule has 0 heterocycles. The topological polar surface area (TPSA) is 83.6 Å². The summed E-state index contributed by atoms with van der Waals surface area (Å²) in [7, 11) is 0. The van der Waals surface area contributed by atoms with E-state index in [2.05, 4.69) is 0 Å². The Morgan fingerprint density at radius 2 is 1.90 bits per heavy atom. The van der Waals surface area contributed by atoms with E-state index in [0.29, 0.717) is 25.9 Å². The van der Waals surface area contributed by atoms with Crippen molar-refractivity contribution in [1.29, 1.82) is 0 Å². The molecular weight excluding hydrogens is 256 g/mol. The summed E-state index contributed by atoms with van der Waals surface area (Å²) in [6.45, 7) is 2.75. The lowest BCUT2D eigenvalue weighted by molar-refractivity contribution is -0.138. The van der Waals surface area contributed by atoms with Gasteiger partial charge in [-0.25, -0.2) is 0 Å². The summed E-state index contributed by atoms with van der Waals surface area (Å²) in [5.41, 5.74) is 6.52. The Kier molecular flexibility index (Phi) is 6.73. The van der Waals surface area contributed by atoms with Crippen LogP contribution in [0.25, 0.3) is 0 Å². The minimum absolute atomic E-state index is 0.0244. The Balaban J connectivity index is 2.37. The summed E-state index contributed by atoms with van der Waals surface area (Å²) in [5.74, 6) is -0.950. The molecule has 5 heteroatoms. The molecule has 0 saturated heterocycles. The SMILES string of the molecule is CC(=O)N(CCCC[C@H](N)C(=O)O)Cc1ccccc1. The van der Waals surface area contributed by atoms with Gasteiger partial charge in [0.2, 0.25) is 5.91 Å². The number of benzene rings is 1. The average molecular weight is 278 g/mol. The minimum Gasteiger partial charge on any atom is -0.480 e. The lowest BCUT2D eigenvalue weighted by Crippen LogP contribution is -2.31. The number of hydrogen-bond donors (Lipinski definition) is 2. The summed E-state index contributed by atoms with van der Waals surface area (Å²) in [6.07, 6.45) is 1.89. The number of carboxylic acids is 1. The van der Waals surface area contributed by atoms with Crippen molar-refractivity contribution in [2.45, 2.75) is 38.8 Å². The second kappa shape index (κ2) is 8.32. The quantitative estimate of drug-likeness (QED) is 0.708. The van der Waals surface area contributed by atoms with Crippen LogP contribution in [-0.2, 0) is 16.1 Å². The number of aliphatic carboxylic acids is 1. The summed E-state index contributed by atoms with van der Waals surface area (Å²) >= 11 is 0. The van der Waals surface area contributed by atoms with Crippen molar-refractivity contribution < 1.29 is 14.7 Å². The van der Waals surface area contributed by atoms with Gasteiger partial charge in [-0.3, -0.25) is 9.59 Å². The Morgan fingerprint density at radius 1 is 1.25 bits per heavy atom. The zero-order valence-electron chi connectivity index (χ0n) is 11.8. The maximum absolute atomic E-state index is 11.6. The predicted octanol–water partition coefficient (Wildman–Crippen LogP) is 1.62. The smallest absolute Gasteiger partial charge is 0.320 e.